The maximum atomic E-state index is 12.7. The molecule has 1 aromatic rings. The zero-order chi connectivity index (χ0) is 17.7. The van der Waals surface area contributed by atoms with Gasteiger partial charge in [-0.1, -0.05) is 12.0 Å². The van der Waals surface area contributed by atoms with Gasteiger partial charge in [-0.15, -0.1) is 6.42 Å². The van der Waals surface area contributed by atoms with Crippen LogP contribution in [0.1, 0.15) is 28.8 Å². The molecule has 1 unspecified atom stereocenters. The second-order valence-electron chi connectivity index (χ2n) is 5.32. The van der Waals surface area contributed by atoms with Gasteiger partial charge in [0.05, 0.1) is 6.54 Å². The van der Waals surface area contributed by atoms with Gasteiger partial charge in [0.1, 0.15) is 6.04 Å². The van der Waals surface area contributed by atoms with Crippen LogP contribution in [0.4, 0.5) is 5.69 Å². The predicted octanol–water partition coefficient (Wildman–Crippen LogP) is 0.444. The molecule has 1 aliphatic rings. The Morgan fingerprint density at radius 3 is 2.88 bits per heavy atom. The summed E-state index contributed by atoms with van der Waals surface area (Å²) in [7, 11) is 0. The summed E-state index contributed by atoms with van der Waals surface area (Å²) in [6.07, 6.45) is 5.73. The molecule has 0 bridgehead atoms. The zero-order valence-corrected chi connectivity index (χ0v) is 13.2. The number of carbonyl (C=O) groups excluding carboxylic acids is 4. The first-order valence-electron chi connectivity index (χ1n) is 7.38. The van der Waals surface area contributed by atoms with E-state index in [9.17, 15) is 19.2 Å². The van der Waals surface area contributed by atoms with Crippen LogP contribution in [-0.4, -0.2) is 41.6 Å². The van der Waals surface area contributed by atoms with E-state index in [4.69, 9.17) is 6.42 Å². The number of benzene rings is 1. The summed E-state index contributed by atoms with van der Waals surface area (Å²) in [6.45, 7) is 2.02. The van der Waals surface area contributed by atoms with Gasteiger partial charge in [-0.2, -0.15) is 0 Å². The molecule has 1 saturated heterocycles. The van der Waals surface area contributed by atoms with E-state index in [1.807, 2.05) is 0 Å². The smallest absolute Gasteiger partial charge is 0.261 e. The Balaban J connectivity index is 2.29. The molecule has 7 nitrogen and oxygen atoms in total. The first-order chi connectivity index (χ1) is 11.5. The Morgan fingerprint density at radius 2 is 2.25 bits per heavy atom. The maximum absolute atomic E-state index is 12.7. The molecule has 1 aliphatic heterocycles. The second kappa shape index (κ2) is 7.42. The Kier molecular flexibility index (Phi) is 5.32. The SMILES string of the molecule is C#CCNc1cccc(C(=O)N(C=O)C2CCC(=O)NC2=O)c1C. The molecule has 1 fully saturated rings. The van der Waals surface area contributed by atoms with Gasteiger partial charge in [0.25, 0.3) is 5.91 Å². The number of imide groups is 2. The number of amides is 4. The number of piperidine rings is 1. The van der Waals surface area contributed by atoms with Crippen molar-refractivity contribution in [1.29, 1.82) is 0 Å². The average molecular weight is 327 g/mol. The normalized spacial score (nSPS) is 16.8. The fourth-order valence-corrected chi connectivity index (χ4v) is 2.55. The van der Waals surface area contributed by atoms with Crippen molar-refractivity contribution in [3.05, 3.63) is 29.3 Å². The molecule has 1 aromatic carbocycles. The summed E-state index contributed by atoms with van der Waals surface area (Å²) in [5.41, 5.74) is 1.58. The molecule has 4 amide bonds. The Bertz CT molecular complexity index is 736. The van der Waals surface area contributed by atoms with Gasteiger partial charge >= 0.3 is 0 Å². The number of rotatable bonds is 5. The lowest BCUT2D eigenvalue weighted by Crippen LogP contribution is -2.53. The van der Waals surface area contributed by atoms with Gasteiger partial charge in [-0.3, -0.25) is 29.4 Å². The molecule has 1 heterocycles. The summed E-state index contributed by atoms with van der Waals surface area (Å²) < 4.78 is 0. The highest BCUT2D eigenvalue weighted by Gasteiger charge is 2.35. The first-order valence-corrected chi connectivity index (χ1v) is 7.38. The van der Waals surface area contributed by atoms with Crippen molar-refractivity contribution in [2.24, 2.45) is 0 Å². The van der Waals surface area contributed by atoms with Crippen molar-refractivity contribution < 1.29 is 19.2 Å². The van der Waals surface area contributed by atoms with E-state index in [2.05, 4.69) is 16.6 Å². The highest BCUT2D eigenvalue weighted by Crippen LogP contribution is 2.22. The monoisotopic (exact) mass is 327 g/mol. The van der Waals surface area contributed by atoms with E-state index in [0.29, 0.717) is 24.2 Å². The Labute approximate surface area is 139 Å². The molecular formula is C17H17N3O4. The topological polar surface area (TPSA) is 95.6 Å². The minimum atomic E-state index is -0.991. The number of carbonyl (C=O) groups is 4. The largest absolute Gasteiger partial charge is 0.374 e. The third kappa shape index (κ3) is 3.43. The van der Waals surface area contributed by atoms with Crippen molar-refractivity contribution in [1.82, 2.24) is 10.2 Å². The van der Waals surface area contributed by atoms with Crippen LogP contribution in [0.5, 0.6) is 0 Å². The maximum Gasteiger partial charge on any atom is 0.261 e. The number of terminal acetylenes is 1. The highest BCUT2D eigenvalue weighted by atomic mass is 16.2. The first kappa shape index (κ1) is 17.2. The summed E-state index contributed by atoms with van der Waals surface area (Å²) in [5.74, 6) is 0.786. The molecule has 7 heteroatoms. The Hall–Kier alpha value is -3.14. The standard InChI is InChI=1S/C17H17N3O4/c1-3-9-18-13-6-4-5-12(11(13)2)17(24)20(10-21)14-7-8-15(22)19-16(14)23/h1,4-6,10,14,18H,7-9H2,2H3,(H,19,22,23). The second-order valence-corrected chi connectivity index (χ2v) is 5.32. The summed E-state index contributed by atoms with van der Waals surface area (Å²) in [5, 5.41) is 5.13. The van der Waals surface area contributed by atoms with Gasteiger partial charge in [-0.25, -0.2) is 0 Å². The van der Waals surface area contributed by atoms with Crippen molar-refractivity contribution in [2.45, 2.75) is 25.8 Å². The molecule has 0 aliphatic carbocycles. The van der Waals surface area contributed by atoms with E-state index >= 15 is 0 Å². The lowest BCUT2D eigenvalue weighted by Gasteiger charge is -2.28. The predicted molar refractivity (Wildman–Crippen MR) is 86.9 cm³/mol. The number of anilines is 1. The highest BCUT2D eigenvalue weighted by molar-refractivity contribution is 6.08. The Morgan fingerprint density at radius 1 is 1.50 bits per heavy atom. The number of hydrogen-bond donors (Lipinski definition) is 2. The number of nitrogens with one attached hydrogen (secondary N) is 2. The minimum absolute atomic E-state index is 0.0801. The van der Waals surface area contributed by atoms with Crippen LogP contribution in [0, 0.1) is 19.3 Å². The van der Waals surface area contributed by atoms with E-state index in [0.717, 1.165) is 4.90 Å². The average Bonchev–Trinajstić information content (AvgIpc) is 2.56. The third-order valence-corrected chi connectivity index (χ3v) is 3.84. The molecular weight excluding hydrogens is 310 g/mol. The lowest BCUT2D eigenvalue weighted by molar-refractivity contribution is -0.139. The van der Waals surface area contributed by atoms with Crippen LogP contribution < -0.4 is 10.6 Å². The van der Waals surface area contributed by atoms with Crippen molar-refractivity contribution in [3.63, 3.8) is 0 Å². The lowest BCUT2D eigenvalue weighted by atomic mass is 10.0. The van der Waals surface area contributed by atoms with Gasteiger partial charge in [0.15, 0.2) is 0 Å². The zero-order valence-electron chi connectivity index (χ0n) is 13.2. The molecule has 0 radical (unpaired) electrons. The van der Waals surface area contributed by atoms with Crippen LogP contribution in [0.25, 0.3) is 0 Å². The fourth-order valence-electron chi connectivity index (χ4n) is 2.55. The quantitative estimate of drug-likeness (QED) is 0.465. The molecule has 124 valence electrons. The molecule has 2 rings (SSSR count). The van der Waals surface area contributed by atoms with Crippen LogP contribution in [0.3, 0.4) is 0 Å². The van der Waals surface area contributed by atoms with Gasteiger partial charge < -0.3 is 5.32 Å². The van der Waals surface area contributed by atoms with Crippen molar-refractivity contribution in [3.8, 4) is 12.3 Å². The van der Waals surface area contributed by atoms with Gasteiger partial charge in [0, 0.05) is 17.7 Å². The number of hydrogen-bond acceptors (Lipinski definition) is 5. The van der Waals surface area contributed by atoms with E-state index < -0.39 is 23.8 Å². The fraction of sp³-hybridized carbons (Fsp3) is 0.294. The summed E-state index contributed by atoms with van der Waals surface area (Å²) in [6, 6.07) is 4.00. The molecule has 24 heavy (non-hydrogen) atoms. The molecule has 0 aromatic heterocycles. The van der Waals surface area contributed by atoms with Crippen LogP contribution in [0.15, 0.2) is 18.2 Å². The third-order valence-electron chi connectivity index (χ3n) is 3.84. The van der Waals surface area contributed by atoms with Crippen molar-refractivity contribution >= 4 is 29.8 Å². The molecule has 1 atom stereocenters. The van der Waals surface area contributed by atoms with Gasteiger partial charge in [0.2, 0.25) is 18.2 Å². The van der Waals surface area contributed by atoms with E-state index in [1.165, 1.54) is 0 Å². The van der Waals surface area contributed by atoms with Gasteiger partial charge in [-0.05, 0) is 31.0 Å². The van der Waals surface area contributed by atoms with E-state index in [-0.39, 0.29) is 18.4 Å². The summed E-state index contributed by atoms with van der Waals surface area (Å²) >= 11 is 0. The van der Waals surface area contributed by atoms with Crippen LogP contribution >= 0.6 is 0 Å². The summed E-state index contributed by atoms with van der Waals surface area (Å²) in [4.78, 5) is 48.1. The molecule has 2 N–H and O–H groups in total. The van der Waals surface area contributed by atoms with E-state index in [1.54, 1.807) is 25.1 Å². The number of nitrogens with zero attached hydrogens (tertiary/aromatic N) is 1. The molecule has 0 saturated carbocycles. The minimum Gasteiger partial charge on any atom is -0.374 e. The van der Waals surface area contributed by atoms with Crippen LogP contribution in [0.2, 0.25) is 0 Å². The molecule has 0 spiro atoms. The van der Waals surface area contributed by atoms with Crippen molar-refractivity contribution in [2.75, 3.05) is 11.9 Å². The van der Waals surface area contributed by atoms with Crippen LogP contribution in [-0.2, 0) is 14.4 Å².